The molecule has 0 bridgehead atoms. The Morgan fingerprint density at radius 1 is 1.12 bits per heavy atom. The first-order valence-corrected chi connectivity index (χ1v) is 7.90. The molecular weight excluding hydrogens is 302 g/mol. The fraction of sp³-hybridized carbons (Fsp3) is 0.278. The fourth-order valence-electron chi connectivity index (χ4n) is 2.67. The van der Waals surface area contributed by atoms with Crippen molar-refractivity contribution >= 4 is 17.5 Å². The van der Waals surface area contributed by atoms with Crippen LogP contribution in [-0.4, -0.2) is 42.1 Å². The van der Waals surface area contributed by atoms with Gasteiger partial charge in [-0.1, -0.05) is 6.07 Å². The van der Waals surface area contributed by atoms with Gasteiger partial charge < -0.3 is 15.1 Å². The number of carbonyl (C=O) groups is 1. The van der Waals surface area contributed by atoms with Gasteiger partial charge in [0.1, 0.15) is 5.82 Å². The Bertz CT molecular complexity index is 758. The van der Waals surface area contributed by atoms with Crippen molar-refractivity contribution in [2.75, 3.05) is 36.4 Å². The lowest BCUT2D eigenvalue weighted by Gasteiger charge is -2.35. The van der Waals surface area contributed by atoms with Crippen LogP contribution in [0.1, 0.15) is 11.3 Å². The Morgan fingerprint density at radius 3 is 2.46 bits per heavy atom. The van der Waals surface area contributed by atoms with Gasteiger partial charge in [0.2, 0.25) is 0 Å². The molecule has 6 nitrogen and oxygen atoms in total. The van der Waals surface area contributed by atoms with Gasteiger partial charge in [0.05, 0.1) is 11.6 Å². The number of piperazine rings is 1. The van der Waals surface area contributed by atoms with E-state index in [4.69, 9.17) is 5.26 Å². The Hall–Kier alpha value is -3.07. The van der Waals surface area contributed by atoms with Crippen LogP contribution >= 0.6 is 0 Å². The highest BCUT2D eigenvalue weighted by Gasteiger charge is 2.21. The van der Waals surface area contributed by atoms with Gasteiger partial charge in [-0.2, -0.15) is 5.26 Å². The summed E-state index contributed by atoms with van der Waals surface area (Å²) in [5, 5.41) is 11.7. The van der Waals surface area contributed by atoms with Crippen molar-refractivity contribution < 1.29 is 4.79 Å². The normalized spacial score (nSPS) is 14.2. The first kappa shape index (κ1) is 15.8. The Morgan fingerprint density at radius 2 is 1.83 bits per heavy atom. The SMILES string of the molecule is Cc1cccc(N2CCN(C(=O)Nc3ccc(C#N)cc3)CC2)n1. The third-order valence-electron chi connectivity index (χ3n) is 4.03. The number of benzene rings is 1. The molecule has 3 rings (SSSR count). The number of nitrogens with one attached hydrogen (secondary N) is 1. The number of rotatable bonds is 2. The monoisotopic (exact) mass is 321 g/mol. The van der Waals surface area contributed by atoms with E-state index in [-0.39, 0.29) is 6.03 Å². The molecule has 0 radical (unpaired) electrons. The number of nitriles is 1. The van der Waals surface area contributed by atoms with Crippen molar-refractivity contribution in [1.29, 1.82) is 5.26 Å². The molecule has 1 aromatic carbocycles. The van der Waals surface area contributed by atoms with E-state index in [1.54, 1.807) is 29.2 Å². The van der Waals surface area contributed by atoms with E-state index in [9.17, 15) is 4.79 Å². The van der Waals surface area contributed by atoms with Gasteiger partial charge in [-0.3, -0.25) is 0 Å². The number of aromatic nitrogens is 1. The first-order chi connectivity index (χ1) is 11.7. The van der Waals surface area contributed by atoms with Crippen LogP contribution in [0.2, 0.25) is 0 Å². The predicted molar refractivity (Wildman–Crippen MR) is 92.9 cm³/mol. The first-order valence-electron chi connectivity index (χ1n) is 7.90. The Balaban J connectivity index is 1.56. The fourth-order valence-corrected chi connectivity index (χ4v) is 2.67. The standard InChI is InChI=1S/C18H19N5O/c1-14-3-2-4-17(20-14)22-9-11-23(12-10-22)18(24)21-16-7-5-15(13-19)6-8-16/h2-8H,9-12H2,1H3,(H,21,24). The summed E-state index contributed by atoms with van der Waals surface area (Å²) in [6.45, 7) is 4.80. The average Bonchev–Trinajstić information content (AvgIpc) is 2.62. The van der Waals surface area contributed by atoms with Crippen molar-refractivity contribution in [2.45, 2.75) is 6.92 Å². The van der Waals surface area contributed by atoms with E-state index in [0.29, 0.717) is 24.3 Å². The second-order valence-electron chi connectivity index (χ2n) is 5.73. The minimum atomic E-state index is -0.114. The van der Waals surface area contributed by atoms with E-state index < -0.39 is 0 Å². The molecule has 1 fully saturated rings. The summed E-state index contributed by atoms with van der Waals surface area (Å²) in [7, 11) is 0. The third-order valence-corrected chi connectivity index (χ3v) is 4.03. The zero-order valence-corrected chi connectivity index (χ0v) is 13.6. The van der Waals surface area contributed by atoms with Gasteiger partial charge in [0.25, 0.3) is 0 Å². The summed E-state index contributed by atoms with van der Waals surface area (Å²) < 4.78 is 0. The van der Waals surface area contributed by atoms with Crippen molar-refractivity contribution in [2.24, 2.45) is 0 Å². The van der Waals surface area contributed by atoms with Gasteiger partial charge >= 0.3 is 6.03 Å². The molecular formula is C18H19N5O. The molecule has 0 spiro atoms. The molecule has 1 aliphatic heterocycles. The highest BCUT2D eigenvalue weighted by molar-refractivity contribution is 5.89. The minimum absolute atomic E-state index is 0.114. The van der Waals surface area contributed by atoms with Gasteiger partial charge in [-0.05, 0) is 43.3 Å². The van der Waals surface area contributed by atoms with E-state index in [0.717, 1.165) is 24.6 Å². The Kier molecular flexibility index (Phi) is 4.62. The molecule has 24 heavy (non-hydrogen) atoms. The lowest BCUT2D eigenvalue weighted by Crippen LogP contribution is -2.50. The largest absolute Gasteiger partial charge is 0.353 e. The van der Waals surface area contributed by atoms with Crippen LogP contribution in [0, 0.1) is 18.3 Å². The van der Waals surface area contributed by atoms with Crippen LogP contribution in [0.4, 0.5) is 16.3 Å². The smallest absolute Gasteiger partial charge is 0.321 e. The van der Waals surface area contributed by atoms with Gasteiger partial charge in [-0.25, -0.2) is 9.78 Å². The van der Waals surface area contributed by atoms with Crippen LogP contribution in [0.15, 0.2) is 42.5 Å². The summed E-state index contributed by atoms with van der Waals surface area (Å²) in [5.74, 6) is 0.960. The third kappa shape index (κ3) is 3.63. The quantitative estimate of drug-likeness (QED) is 0.923. The molecule has 1 aliphatic rings. The second kappa shape index (κ2) is 7.01. The van der Waals surface area contributed by atoms with Gasteiger partial charge in [0, 0.05) is 37.6 Å². The van der Waals surface area contributed by atoms with Crippen LogP contribution in [-0.2, 0) is 0 Å². The van der Waals surface area contributed by atoms with Crippen LogP contribution < -0.4 is 10.2 Å². The lowest BCUT2D eigenvalue weighted by atomic mass is 10.2. The zero-order chi connectivity index (χ0) is 16.9. The zero-order valence-electron chi connectivity index (χ0n) is 13.6. The molecule has 0 atom stereocenters. The van der Waals surface area contributed by atoms with Crippen LogP contribution in [0.5, 0.6) is 0 Å². The average molecular weight is 321 g/mol. The molecule has 1 aromatic heterocycles. The maximum Gasteiger partial charge on any atom is 0.321 e. The number of amides is 2. The van der Waals surface area contributed by atoms with Gasteiger partial charge in [-0.15, -0.1) is 0 Å². The number of nitrogens with zero attached hydrogens (tertiary/aromatic N) is 4. The summed E-state index contributed by atoms with van der Waals surface area (Å²) in [6.07, 6.45) is 0. The molecule has 1 saturated heterocycles. The summed E-state index contributed by atoms with van der Waals surface area (Å²) in [4.78, 5) is 20.9. The predicted octanol–water partition coefficient (Wildman–Crippen LogP) is 2.62. The highest BCUT2D eigenvalue weighted by Crippen LogP contribution is 2.15. The molecule has 0 saturated carbocycles. The lowest BCUT2D eigenvalue weighted by molar-refractivity contribution is 0.208. The molecule has 2 aromatic rings. The molecule has 1 N–H and O–H groups in total. The maximum absolute atomic E-state index is 12.3. The minimum Gasteiger partial charge on any atom is -0.353 e. The van der Waals surface area contributed by atoms with E-state index in [1.807, 2.05) is 25.1 Å². The van der Waals surface area contributed by atoms with Crippen molar-refractivity contribution in [3.63, 3.8) is 0 Å². The number of anilines is 2. The van der Waals surface area contributed by atoms with Crippen molar-refractivity contribution in [1.82, 2.24) is 9.88 Å². The Labute approximate surface area is 141 Å². The van der Waals surface area contributed by atoms with Crippen LogP contribution in [0.3, 0.4) is 0 Å². The van der Waals surface area contributed by atoms with Gasteiger partial charge in [0.15, 0.2) is 0 Å². The molecule has 2 heterocycles. The molecule has 0 unspecified atom stereocenters. The summed E-state index contributed by atoms with van der Waals surface area (Å²) >= 11 is 0. The van der Waals surface area contributed by atoms with E-state index in [1.165, 1.54) is 0 Å². The number of aryl methyl sites for hydroxylation is 1. The van der Waals surface area contributed by atoms with Crippen LogP contribution in [0.25, 0.3) is 0 Å². The second-order valence-corrected chi connectivity index (χ2v) is 5.73. The molecule has 0 aliphatic carbocycles. The number of urea groups is 1. The maximum atomic E-state index is 12.3. The number of hydrogen-bond donors (Lipinski definition) is 1. The van der Waals surface area contributed by atoms with E-state index in [2.05, 4.69) is 21.3 Å². The highest BCUT2D eigenvalue weighted by atomic mass is 16.2. The van der Waals surface area contributed by atoms with Crippen molar-refractivity contribution in [3.8, 4) is 6.07 Å². The molecule has 2 amide bonds. The number of pyridine rings is 1. The topological polar surface area (TPSA) is 72.3 Å². The number of hydrogen-bond acceptors (Lipinski definition) is 4. The van der Waals surface area contributed by atoms with E-state index >= 15 is 0 Å². The van der Waals surface area contributed by atoms with Crippen molar-refractivity contribution in [3.05, 3.63) is 53.7 Å². The summed E-state index contributed by atoms with van der Waals surface area (Å²) in [5.41, 5.74) is 2.27. The molecule has 6 heteroatoms. The number of carbonyl (C=O) groups excluding carboxylic acids is 1. The summed E-state index contributed by atoms with van der Waals surface area (Å²) in [6, 6.07) is 14.8. The molecule has 122 valence electrons.